The summed E-state index contributed by atoms with van der Waals surface area (Å²) in [5.74, 6) is 0. The summed E-state index contributed by atoms with van der Waals surface area (Å²) in [6.07, 6.45) is 1.18. The lowest BCUT2D eigenvalue weighted by atomic mass is 10.0. The Morgan fingerprint density at radius 2 is 2.06 bits per heavy atom. The van der Waals surface area contributed by atoms with Crippen molar-refractivity contribution in [1.29, 1.82) is 0 Å². The van der Waals surface area contributed by atoms with Gasteiger partial charge in [-0.25, -0.2) is 0 Å². The molecule has 0 radical (unpaired) electrons. The number of hydrogen-bond donors (Lipinski definition) is 1. The molecule has 1 aliphatic rings. The van der Waals surface area contributed by atoms with E-state index in [-0.39, 0.29) is 0 Å². The molecule has 94 valence electrons. The van der Waals surface area contributed by atoms with Crippen molar-refractivity contribution in [2.45, 2.75) is 29.9 Å². The van der Waals surface area contributed by atoms with Gasteiger partial charge in [0.05, 0.1) is 18.5 Å². The summed E-state index contributed by atoms with van der Waals surface area (Å²) in [7, 11) is 2.05. The molecule has 0 aliphatic carbocycles. The molecule has 1 aliphatic heterocycles. The van der Waals surface area contributed by atoms with Gasteiger partial charge in [0.2, 0.25) is 0 Å². The first-order valence-corrected chi connectivity index (χ1v) is 7.24. The van der Waals surface area contributed by atoms with Crippen molar-refractivity contribution < 1.29 is 4.74 Å². The van der Waals surface area contributed by atoms with E-state index in [1.165, 1.54) is 12.0 Å². The van der Waals surface area contributed by atoms with Gasteiger partial charge in [0.1, 0.15) is 0 Å². The third-order valence-corrected chi connectivity index (χ3v) is 4.83. The van der Waals surface area contributed by atoms with Crippen LogP contribution in [-0.4, -0.2) is 30.8 Å². The van der Waals surface area contributed by atoms with Crippen molar-refractivity contribution in [2.75, 3.05) is 20.3 Å². The Hall–Kier alpha value is -0.510. The van der Waals surface area contributed by atoms with Gasteiger partial charge >= 0.3 is 0 Å². The first-order chi connectivity index (χ1) is 8.35. The summed E-state index contributed by atoms with van der Waals surface area (Å²) in [6.45, 7) is 4.11. The number of ether oxygens (including phenoxy) is 1. The molecule has 1 aromatic carbocycles. The van der Waals surface area contributed by atoms with E-state index < -0.39 is 0 Å². The highest BCUT2D eigenvalue weighted by molar-refractivity contribution is 8.00. The molecule has 1 heterocycles. The maximum absolute atomic E-state index is 5.26. The second-order valence-electron chi connectivity index (χ2n) is 4.42. The SMILES string of the molecule is CCC(SC1COC1)C(NC)c1ccccc1. The average Bonchev–Trinajstić information content (AvgIpc) is 2.33. The van der Waals surface area contributed by atoms with Crippen molar-refractivity contribution in [1.82, 2.24) is 5.32 Å². The summed E-state index contributed by atoms with van der Waals surface area (Å²) in [6, 6.07) is 11.2. The molecule has 1 fully saturated rings. The van der Waals surface area contributed by atoms with Crippen molar-refractivity contribution in [3.8, 4) is 0 Å². The molecule has 2 atom stereocenters. The minimum atomic E-state index is 0.437. The zero-order chi connectivity index (χ0) is 12.1. The van der Waals surface area contributed by atoms with Crippen LogP contribution in [0.25, 0.3) is 0 Å². The third-order valence-electron chi connectivity index (χ3n) is 3.22. The van der Waals surface area contributed by atoms with Gasteiger partial charge < -0.3 is 10.1 Å². The van der Waals surface area contributed by atoms with E-state index in [1.54, 1.807) is 0 Å². The van der Waals surface area contributed by atoms with E-state index >= 15 is 0 Å². The summed E-state index contributed by atoms with van der Waals surface area (Å²) in [5, 5.41) is 4.78. The molecule has 2 unspecified atom stereocenters. The van der Waals surface area contributed by atoms with E-state index in [2.05, 4.69) is 61.4 Å². The molecule has 0 bridgehead atoms. The topological polar surface area (TPSA) is 21.3 Å². The molecule has 0 saturated carbocycles. The number of thioether (sulfide) groups is 1. The van der Waals surface area contributed by atoms with Gasteiger partial charge in [0, 0.05) is 11.3 Å². The Morgan fingerprint density at radius 1 is 1.35 bits per heavy atom. The van der Waals surface area contributed by atoms with E-state index in [0.29, 0.717) is 16.5 Å². The Morgan fingerprint density at radius 3 is 2.53 bits per heavy atom. The van der Waals surface area contributed by atoms with E-state index in [0.717, 1.165) is 13.2 Å². The minimum absolute atomic E-state index is 0.437. The molecule has 0 spiro atoms. The maximum Gasteiger partial charge on any atom is 0.0608 e. The lowest BCUT2D eigenvalue weighted by Crippen LogP contribution is -2.36. The van der Waals surface area contributed by atoms with Crippen LogP contribution in [0.4, 0.5) is 0 Å². The first-order valence-electron chi connectivity index (χ1n) is 6.30. The van der Waals surface area contributed by atoms with Crippen LogP contribution < -0.4 is 5.32 Å². The highest BCUT2D eigenvalue weighted by atomic mass is 32.2. The van der Waals surface area contributed by atoms with Crippen LogP contribution in [0.2, 0.25) is 0 Å². The van der Waals surface area contributed by atoms with Crippen LogP contribution in [0.1, 0.15) is 24.9 Å². The van der Waals surface area contributed by atoms with Gasteiger partial charge in [-0.2, -0.15) is 0 Å². The largest absolute Gasteiger partial charge is 0.379 e. The molecule has 1 saturated heterocycles. The van der Waals surface area contributed by atoms with Crippen molar-refractivity contribution in [2.24, 2.45) is 0 Å². The first kappa shape index (κ1) is 12.9. The number of nitrogens with one attached hydrogen (secondary N) is 1. The summed E-state index contributed by atoms with van der Waals surface area (Å²) < 4.78 is 5.26. The number of hydrogen-bond acceptors (Lipinski definition) is 3. The van der Waals surface area contributed by atoms with E-state index in [4.69, 9.17) is 4.74 Å². The molecule has 2 rings (SSSR count). The predicted molar refractivity (Wildman–Crippen MR) is 74.5 cm³/mol. The normalized spacial score (nSPS) is 19.6. The molecule has 1 aromatic rings. The average molecular weight is 251 g/mol. The number of benzene rings is 1. The second kappa shape index (κ2) is 6.43. The quantitative estimate of drug-likeness (QED) is 0.840. The summed E-state index contributed by atoms with van der Waals surface area (Å²) in [5.41, 5.74) is 1.38. The summed E-state index contributed by atoms with van der Waals surface area (Å²) in [4.78, 5) is 0. The Labute approximate surface area is 108 Å². The molecule has 0 aromatic heterocycles. The van der Waals surface area contributed by atoms with Gasteiger partial charge in [0.25, 0.3) is 0 Å². The van der Waals surface area contributed by atoms with Crippen molar-refractivity contribution in [3.63, 3.8) is 0 Å². The Kier molecular flexibility index (Phi) is 4.89. The van der Waals surface area contributed by atoms with Crippen LogP contribution in [-0.2, 0) is 4.74 Å². The third kappa shape index (κ3) is 3.24. The van der Waals surface area contributed by atoms with E-state index in [1.807, 2.05) is 0 Å². The predicted octanol–water partition coefficient (Wildman–Crippen LogP) is 2.86. The van der Waals surface area contributed by atoms with Crippen molar-refractivity contribution in [3.05, 3.63) is 35.9 Å². The molecule has 3 heteroatoms. The molecule has 2 nitrogen and oxygen atoms in total. The van der Waals surface area contributed by atoms with Crippen LogP contribution in [0.15, 0.2) is 30.3 Å². The number of rotatable bonds is 6. The van der Waals surface area contributed by atoms with Crippen molar-refractivity contribution >= 4 is 11.8 Å². The molecular weight excluding hydrogens is 230 g/mol. The Bertz CT molecular complexity index is 326. The second-order valence-corrected chi connectivity index (χ2v) is 5.96. The highest BCUT2D eigenvalue weighted by Gasteiger charge is 2.27. The molecule has 17 heavy (non-hydrogen) atoms. The fourth-order valence-corrected chi connectivity index (χ4v) is 3.66. The van der Waals surface area contributed by atoms with Crippen LogP contribution in [0.3, 0.4) is 0 Å². The molecule has 0 amide bonds. The standard InChI is InChI=1S/C14H21NOS/c1-3-13(17-12-9-16-10-12)14(15-2)11-7-5-4-6-8-11/h4-8,12-15H,3,9-10H2,1-2H3. The van der Waals surface area contributed by atoms with Gasteiger partial charge in [-0.15, -0.1) is 11.8 Å². The lowest BCUT2D eigenvalue weighted by molar-refractivity contribution is 0.0452. The maximum atomic E-state index is 5.26. The van der Waals surface area contributed by atoms with Gasteiger partial charge in [-0.1, -0.05) is 37.3 Å². The smallest absolute Gasteiger partial charge is 0.0608 e. The van der Waals surface area contributed by atoms with Crippen LogP contribution >= 0.6 is 11.8 Å². The molecular formula is C14H21NOS. The lowest BCUT2D eigenvalue weighted by Gasteiger charge is -2.33. The van der Waals surface area contributed by atoms with Crippen LogP contribution in [0, 0.1) is 0 Å². The fourth-order valence-electron chi connectivity index (χ4n) is 2.18. The minimum Gasteiger partial charge on any atom is -0.379 e. The highest BCUT2D eigenvalue weighted by Crippen LogP contribution is 2.34. The Balaban J connectivity index is 2.03. The van der Waals surface area contributed by atoms with Gasteiger partial charge in [-0.3, -0.25) is 0 Å². The fraction of sp³-hybridized carbons (Fsp3) is 0.571. The zero-order valence-corrected chi connectivity index (χ0v) is 11.4. The summed E-state index contributed by atoms with van der Waals surface area (Å²) >= 11 is 2.07. The van der Waals surface area contributed by atoms with Gasteiger partial charge in [0.15, 0.2) is 0 Å². The zero-order valence-electron chi connectivity index (χ0n) is 10.6. The van der Waals surface area contributed by atoms with Gasteiger partial charge in [-0.05, 0) is 19.0 Å². The molecule has 1 N–H and O–H groups in total. The van der Waals surface area contributed by atoms with Crippen LogP contribution in [0.5, 0.6) is 0 Å². The van der Waals surface area contributed by atoms with E-state index in [9.17, 15) is 0 Å². The monoisotopic (exact) mass is 251 g/mol.